The minimum atomic E-state index is -0.635. The Bertz CT molecular complexity index is 583. The standard InChI is InChI=1S/C23H34O4/c1-23(21(27-23)22(25)26-2)18-20(24)17-13-8-6-4-3-5-7-10-14-19-15-11-9-12-16-19/h9,11-12,15-16,21H,3-8,10,13-14,17-18H2,1-2H3/t21-,23+/m0/s1. The van der Waals surface area contributed by atoms with Crippen molar-refractivity contribution >= 4 is 11.8 Å². The van der Waals surface area contributed by atoms with Gasteiger partial charge in [-0.2, -0.15) is 0 Å². The van der Waals surface area contributed by atoms with E-state index < -0.39 is 11.7 Å². The number of ketones is 1. The molecule has 1 aromatic rings. The van der Waals surface area contributed by atoms with Gasteiger partial charge in [-0.1, -0.05) is 68.9 Å². The zero-order chi connectivity index (χ0) is 19.5. The van der Waals surface area contributed by atoms with Crippen molar-refractivity contribution in [3.8, 4) is 0 Å². The number of rotatable bonds is 14. The molecule has 1 heterocycles. The van der Waals surface area contributed by atoms with E-state index in [9.17, 15) is 9.59 Å². The lowest BCUT2D eigenvalue weighted by Gasteiger charge is -2.06. The van der Waals surface area contributed by atoms with Crippen LogP contribution in [0.5, 0.6) is 0 Å². The first kappa shape index (κ1) is 21.6. The van der Waals surface area contributed by atoms with Crippen LogP contribution in [0.3, 0.4) is 0 Å². The molecule has 1 aromatic carbocycles. The van der Waals surface area contributed by atoms with Crippen LogP contribution in [0.25, 0.3) is 0 Å². The minimum absolute atomic E-state index is 0.185. The van der Waals surface area contributed by atoms with E-state index in [-0.39, 0.29) is 11.8 Å². The van der Waals surface area contributed by atoms with Gasteiger partial charge in [-0.3, -0.25) is 4.79 Å². The predicted octanol–water partition coefficient (Wildman–Crippen LogP) is 5.03. The SMILES string of the molecule is COC(=O)[C@@H]1O[C@]1(C)CC(=O)CCCCCCCCCCc1ccccc1. The van der Waals surface area contributed by atoms with Crippen molar-refractivity contribution < 1.29 is 19.1 Å². The number of methoxy groups -OCH3 is 1. The van der Waals surface area contributed by atoms with Gasteiger partial charge in [0.2, 0.25) is 0 Å². The van der Waals surface area contributed by atoms with Crippen molar-refractivity contribution in [2.24, 2.45) is 0 Å². The highest BCUT2D eigenvalue weighted by Gasteiger charge is 2.58. The van der Waals surface area contributed by atoms with Crippen molar-refractivity contribution in [3.05, 3.63) is 35.9 Å². The Morgan fingerprint density at radius 2 is 1.56 bits per heavy atom. The zero-order valence-corrected chi connectivity index (χ0v) is 16.9. The van der Waals surface area contributed by atoms with Gasteiger partial charge < -0.3 is 9.47 Å². The Labute approximate surface area is 163 Å². The number of aryl methyl sites for hydroxylation is 1. The maximum atomic E-state index is 12.0. The molecule has 1 fully saturated rings. The highest BCUT2D eigenvalue weighted by atomic mass is 16.6. The summed E-state index contributed by atoms with van der Waals surface area (Å²) in [7, 11) is 1.34. The minimum Gasteiger partial charge on any atom is -0.467 e. The molecular formula is C23H34O4. The fraction of sp³-hybridized carbons (Fsp3) is 0.652. The van der Waals surface area contributed by atoms with Gasteiger partial charge in [0.15, 0.2) is 6.10 Å². The second-order valence-corrected chi connectivity index (χ2v) is 7.86. The van der Waals surface area contributed by atoms with Crippen molar-refractivity contribution in [3.63, 3.8) is 0 Å². The highest BCUT2D eigenvalue weighted by molar-refractivity contribution is 5.84. The molecule has 0 saturated carbocycles. The molecule has 0 N–H and O–H groups in total. The van der Waals surface area contributed by atoms with Gasteiger partial charge in [-0.25, -0.2) is 4.79 Å². The molecule has 1 saturated heterocycles. The van der Waals surface area contributed by atoms with Crippen LogP contribution in [0.15, 0.2) is 30.3 Å². The first-order chi connectivity index (χ1) is 13.0. The number of carbonyl (C=O) groups excluding carboxylic acids is 2. The van der Waals surface area contributed by atoms with Crippen LogP contribution in [0.1, 0.15) is 76.7 Å². The number of esters is 1. The molecule has 2 rings (SSSR count). The van der Waals surface area contributed by atoms with Gasteiger partial charge in [-0.15, -0.1) is 0 Å². The van der Waals surface area contributed by atoms with Crippen LogP contribution >= 0.6 is 0 Å². The molecule has 1 aliphatic rings. The van der Waals surface area contributed by atoms with E-state index in [1.807, 2.05) is 6.92 Å². The number of benzene rings is 1. The second kappa shape index (κ2) is 11.2. The van der Waals surface area contributed by atoms with Crippen molar-refractivity contribution in [2.75, 3.05) is 7.11 Å². The summed E-state index contributed by atoms with van der Waals surface area (Å²) in [5, 5.41) is 0. The van der Waals surface area contributed by atoms with Gasteiger partial charge in [0, 0.05) is 12.8 Å². The summed E-state index contributed by atoms with van der Waals surface area (Å²) in [6, 6.07) is 10.7. The first-order valence-electron chi connectivity index (χ1n) is 10.4. The molecule has 4 heteroatoms. The highest BCUT2D eigenvalue weighted by Crippen LogP contribution is 2.40. The maximum Gasteiger partial charge on any atom is 0.338 e. The average Bonchev–Trinajstić information content (AvgIpc) is 3.34. The topological polar surface area (TPSA) is 55.9 Å². The average molecular weight is 375 g/mol. The normalized spacial score (nSPS) is 21.0. The smallest absolute Gasteiger partial charge is 0.338 e. The lowest BCUT2D eigenvalue weighted by Crippen LogP contribution is -2.22. The van der Waals surface area contributed by atoms with E-state index in [0.29, 0.717) is 12.8 Å². The van der Waals surface area contributed by atoms with E-state index in [1.54, 1.807) is 0 Å². The quantitative estimate of drug-likeness (QED) is 0.260. The van der Waals surface area contributed by atoms with E-state index in [2.05, 4.69) is 35.1 Å². The third kappa shape index (κ3) is 7.84. The monoisotopic (exact) mass is 374 g/mol. The predicted molar refractivity (Wildman–Crippen MR) is 107 cm³/mol. The van der Waals surface area contributed by atoms with E-state index in [1.165, 1.54) is 57.6 Å². The van der Waals surface area contributed by atoms with Crippen LogP contribution in [0.2, 0.25) is 0 Å². The number of Topliss-reactive ketones (excluding diaryl/α,β-unsaturated/α-hetero) is 1. The summed E-state index contributed by atoms with van der Waals surface area (Å²) in [5.74, 6) is -0.195. The van der Waals surface area contributed by atoms with Crippen molar-refractivity contribution in [2.45, 2.75) is 89.3 Å². The largest absolute Gasteiger partial charge is 0.467 e. The molecule has 0 amide bonds. The van der Waals surface area contributed by atoms with Gasteiger partial charge in [0.05, 0.1) is 7.11 Å². The molecule has 1 aliphatic heterocycles. The van der Waals surface area contributed by atoms with Gasteiger partial charge >= 0.3 is 5.97 Å². The van der Waals surface area contributed by atoms with Crippen LogP contribution in [0, 0.1) is 0 Å². The molecule has 2 atom stereocenters. The Kier molecular flexibility index (Phi) is 8.99. The molecule has 0 spiro atoms. The number of hydrogen-bond donors (Lipinski definition) is 0. The lowest BCUT2D eigenvalue weighted by atomic mass is 9.97. The van der Waals surface area contributed by atoms with Crippen molar-refractivity contribution in [1.29, 1.82) is 0 Å². The van der Waals surface area contributed by atoms with Gasteiger partial charge in [-0.05, 0) is 31.7 Å². The second-order valence-electron chi connectivity index (χ2n) is 7.86. The summed E-state index contributed by atoms with van der Waals surface area (Å²) >= 11 is 0. The Morgan fingerprint density at radius 1 is 0.963 bits per heavy atom. The lowest BCUT2D eigenvalue weighted by molar-refractivity contribution is -0.142. The molecule has 0 aliphatic carbocycles. The van der Waals surface area contributed by atoms with Gasteiger partial charge in [0.25, 0.3) is 0 Å². The summed E-state index contributed by atoms with van der Waals surface area (Å²) < 4.78 is 10.0. The van der Waals surface area contributed by atoms with E-state index in [0.717, 1.165) is 12.8 Å². The van der Waals surface area contributed by atoms with Gasteiger partial charge in [0.1, 0.15) is 11.4 Å². The fourth-order valence-electron chi connectivity index (χ4n) is 3.61. The number of carbonyl (C=O) groups is 2. The third-order valence-corrected chi connectivity index (χ3v) is 5.36. The van der Waals surface area contributed by atoms with E-state index in [4.69, 9.17) is 4.74 Å². The molecule has 4 nitrogen and oxygen atoms in total. The third-order valence-electron chi connectivity index (χ3n) is 5.36. The summed E-state index contributed by atoms with van der Waals surface area (Å²) in [5.41, 5.74) is 0.801. The maximum absolute atomic E-state index is 12.0. The number of epoxide rings is 1. The molecular weight excluding hydrogens is 340 g/mol. The fourth-order valence-corrected chi connectivity index (χ4v) is 3.61. The van der Waals surface area contributed by atoms with Crippen LogP contribution in [0.4, 0.5) is 0 Å². The first-order valence-corrected chi connectivity index (χ1v) is 10.4. The summed E-state index contributed by atoms with van der Waals surface area (Å²) in [4.78, 5) is 23.5. The Balaban J connectivity index is 1.39. The van der Waals surface area contributed by atoms with Crippen LogP contribution in [-0.4, -0.2) is 30.6 Å². The van der Waals surface area contributed by atoms with Crippen LogP contribution < -0.4 is 0 Å². The molecule has 0 radical (unpaired) electrons. The van der Waals surface area contributed by atoms with E-state index >= 15 is 0 Å². The molecule has 27 heavy (non-hydrogen) atoms. The summed E-state index contributed by atoms with van der Waals surface area (Å²) in [6.45, 7) is 1.81. The zero-order valence-electron chi connectivity index (χ0n) is 16.9. The molecule has 0 aromatic heterocycles. The Hall–Kier alpha value is -1.68. The number of hydrogen-bond acceptors (Lipinski definition) is 4. The molecule has 0 unspecified atom stereocenters. The molecule has 150 valence electrons. The van der Waals surface area contributed by atoms with Crippen LogP contribution in [-0.2, 0) is 25.5 Å². The number of ether oxygens (including phenoxy) is 2. The molecule has 0 bridgehead atoms. The van der Waals surface area contributed by atoms with Crippen molar-refractivity contribution in [1.82, 2.24) is 0 Å². The number of unbranched alkanes of at least 4 members (excludes halogenated alkanes) is 7. The Morgan fingerprint density at radius 3 is 2.19 bits per heavy atom. The summed E-state index contributed by atoms with van der Waals surface area (Å²) in [6.07, 6.45) is 11.2.